The highest BCUT2D eigenvalue weighted by Gasteiger charge is 2.17. The molecule has 0 aromatic rings. The van der Waals surface area contributed by atoms with Crippen LogP contribution in [-0.4, -0.2) is 23.1 Å². The molecule has 0 saturated carbocycles. The molecule has 1 aliphatic heterocycles. The number of nitrogens with zero attached hydrogens (tertiary/aromatic N) is 3. The average Bonchev–Trinajstić information content (AvgIpc) is 2.52. The Balaban J connectivity index is 2.38. The second-order valence-corrected chi connectivity index (χ2v) is 2.27. The minimum absolute atomic E-state index is 0.467. The van der Waals surface area contributed by atoms with E-state index in [9.17, 15) is 5.21 Å². The first-order valence-electron chi connectivity index (χ1n) is 3.54. The average molecular weight is 157 g/mol. The number of rotatable bonds is 3. The SMILES string of the molecule is C=CO/N=[N+](/[O-])N1CCCC1. The normalized spacial score (nSPS) is 18.5. The van der Waals surface area contributed by atoms with Crippen molar-refractivity contribution in [3.63, 3.8) is 0 Å². The van der Waals surface area contributed by atoms with Crippen molar-refractivity contribution in [2.75, 3.05) is 13.1 Å². The van der Waals surface area contributed by atoms with Gasteiger partial charge in [0.1, 0.15) is 6.26 Å². The molecule has 0 aliphatic carbocycles. The summed E-state index contributed by atoms with van der Waals surface area (Å²) in [7, 11) is 0. The van der Waals surface area contributed by atoms with Crippen LogP contribution in [-0.2, 0) is 4.84 Å². The second kappa shape index (κ2) is 3.80. The highest BCUT2D eigenvalue weighted by Crippen LogP contribution is 2.06. The highest BCUT2D eigenvalue weighted by atomic mass is 16.7. The molecule has 5 nitrogen and oxygen atoms in total. The Hall–Kier alpha value is -1.26. The van der Waals surface area contributed by atoms with E-state index in [4.69, 9.17) is 0 Å². The second-order valence-electron chi connectivity index (χ2n) is 2.27. The minimum Gasteiger partial charge on any atom is -0.569 e. The van der Waals surface area contributed by atoms with Gasteiger partial charge in [0.15, 0.2) is 0 Å². The number of hydrazine groups is 1. The molecule has 1 rings (SSSR count). The molecule has 62 valence electrons. The van der Waals surface area contributed by atoms with E-state index < -0.39 is 0 Å². The van der Waals surface area contributed by atoms with Crippen molar-refractivity contribution in [2.45, 2.75) is 12.8 Å². The largest absolute Gasteiger partial charge is 0.569 e. The zero-order valence-electron chi connectivity index (χ0n) is 6.27. The molecule has 1 heterocycles. The molecular formula is C6H11N3O2. The van der Waals surface area contributed by atoms with Gasteiger partial charge in [0.05, 0.1) is 18.1 Å². The lowest BCUT2D eigenvalue weighted by Crippen LogP contribution is -2.26. The van der Waals surface area contributed by atoms with Crippen molar-refractivity contribution in [3.05, 3.63) is 18.0 Å². The zero-order chi connectivity index (χ0) is 8.10. The van der Waals surface area contributed by atoms with Gasteiger partial charge in [-0.15, -0.1) is 5.01 Å². The molecule has 0 unspecified atom stereocenters. The van der Waals surface area contributed by atoms with Gasteiger partial charge in [0, 0.05) is 0 Å². The van der Waals surface area contributed by atoms with E-state index in [0.717, 1.165) is 32.2 Å². The summed E-state index contributed by atoms with van der Waals surface area (Å²) in [6, 6.07) is 0. The van der Waals surface area contributed by atoms with E-state index >= 15 is 0 Å². The summed E-state index contributed by atoms with van der Waals surface area (Å²) in [5, 5.41) is 15.7. The Morgan fingerprint density at radius 3 is 2.73 bits per heavy atom. The Kier molecular flexibility index (Phi) is 2.71. The van der Waals surface area contributed by atoms with Gasteiger partial charge in [-0.1, -0.05) is 6.58 Å². The van der Waals surface area contributed by atoms with E-state index in [1.165, 1.54) is 0 Å². The lowest BCUT2D eigenvalue weighted by Gasteiger charge is -2.09. The van der Waals surface area contributed by atoms with Crippen molar-refractivity contribution >= 4 is 0 Å². The van der Waals surface area contributed by atoms with Crippen molar-refractivity contribution in [1.82, 2.24) is 5.01 Å². The maximum atomic E-state index is 10.9. The highest BCUT2D eigenvalue weighted by molar-refractivity contribution is 4.55. The molecular weight excluding hydrogens is 146 g/mol. The van der Waals surface area contributed by atoms with Crippen LogP contribution in [0.25, 0.3) is 0 Å². The Morgan fingerprint density at radius 1 is 1.55 bits per heavy atom. The smallest absolute Gasteiger partial charge is 0.238 e. The van der Waals surface area contributed by atoms with E-state index in [1.54, 1.807) is 5.01 Å². The molecule has 5 heteroatoms. The van der Waals surface area contributed by atoms with Gasteiger partial charge in [0.2, 0.25) is 5.28 Å². The monoisotopic (exact) mass is 157 g/mol. The molecule has 0 bridgehead atoms. The molecule has 0 spiro atoms. The van der Waals surface area contributed by atoms with E-state index in [0.29, 0.717) is 4.97 Å². The molecule has 0 aromatic carbocycles. The van der Waals surface area contributed by atoms with Crippen LogP contribution in [0.1, 0.15) is 12.8 Å². The van der Waals surface area contributed by atoms with Crippen LogP contribution >= 0.6 is 0 Å². The zero-order valence-corrected chi connectivity index (χ0v) is 6.27. The quantitative estimate of drug-likeness (QED) is 0.266. The lowest BCUT2D eigenvalue weighted by atomic mass is 10.4. The van der Waals surface area contributed by atoms with E-state index in [-0.39, 0.29) is 0 Å². The lowest BCUT2D eigenvalue weighted by molar-refractivity contribution is -0.705. The Bertz CT molecular complexity index is 163. The fourth-order valence-electron chi connectivity index (χ4n) is 0.997. The molecule has 1 aliphatic rings. The van der Waals surface area contributed by atoms with Crippen LogP contribution < -0.4 is 0 Å². The Morgan fingerprint density at radius 2 is 2.18 bits per heavy atom. The molecule has 0 atom stereocenters. The van der Waals surface area contributed by atoms with Crippen molar-refractivity contribution < 1.29 is 9.81 Å². The predicted molar refractivity (Wildman–Crippen MR) is 38.1 cm³/mol. The summed E-state index contributed by atoms with van der Waals surface area (Å²) >= 11 is 0. The van der Waals surface area contributed by atoms with Crippen LogP contribution in [0, 0.1) is 5.21 Å². The molecule has 0 aromatic heterocycles. The third-order valence-corrected chi connectivity index (χ3v) is 1.52. The molecule has 0 N–H and O–H groups in total. The van der Waals surface area contributed by atoms with Gasteiger partial charge < -0.3 is 10.0 Å². The maximum Gasteiger partial charge on any atom is 0.238 e. The summed E-state index contributed by atoms with van der Waals surface area (Å²) in [4.78, 5) is 4.84. The van der Waals surface area contributed by atoms with Gasteiger partial charge in [-0.3, -0.25) is 0 Å². The summed E-state index contributed by atoms with van der Waals surface area (Å²) in [6.45, 7) is 4.77. The van der Waals surface area contributed by atoms with Gasteiger partial charge in [0.25, 0.3) is 0 Å². The first kappa shape index (κ1) is 7.84. The van der Waals surface area contributed by atoms with Crippen LogP contribution in [0.15, 0.2) is 18.1 Å². The molecule has 0 radical (unpaired) electrons. The predicted octanol–water partition coefficient (Wildman–Crippen LogP) is 1.03. The summed E-state index contributed by atoms with van der Waals surface area (Å²) in [6.07, 6.45) is 3.20. The van der Waals surface area contributed by atoms with Gasteiger partial charge in [-0.2, -0.15) is 0 Å². The fourth-order valence-corrected chi connectivity index (χ4v) is 0.997. The van der Waals surface area contributed by atoms with Crippen LogP contribution in [0.2, 0.25) is 0 Å². The number of hydrogen-bond acceptors (Lipinski definition) is 3. The summed E-state index contributed by atoms with van der Waals surface area (Å²) in [5.41, 5.74) is 0. The molecule has 0 amide bonds. The van der Waals surface area contributed by atoms with Crippen LogP contribution in [0.5, 0.6) is 0 Å². The van der Waals surface area contributed by atoms with E-state index in [2.05, 4.69) is 16.7 Å². The Labute approximate surface area is 65.1 Å². The van der Waals surface area contributed by atoms with E-state index in [1.807, 2.05) is 0 Å². The first-order valence-corrected chi connectivity index (χ1v) is 3.54. The standard InChI is InChI=1S/C6H11N3O2/c1-2-11-7-9(10)8-5-3-4-6-8/h2H,1,3-6H2/b9-7+. The van der Waals surface area contributed by atoms with Crippen molar-refractivity contribution in [2.24, 2.45) is 5.28 Å². The molecule has 1 fully saturated rings. The van der Waals surface area contributed by atoms with Crippen molar-refractivity contribution in [1.29, 1.82) is 0 Å². The third-order valence-electron chi connectivity index (χ3n) is 1.52. The fraction of sp³-hybridized carbons (Fsp3) is 0.667. The topological polar surface area (TPSA) is 50.9 Å². The van der Waals surface area contributed by atoms with Crippen LogP contribution in [0.3, 0.4) is 0 Å². The van der Waals surface area contributed by atoms with Crippen LogP contribution in [0.4, 0.5) is 0 Å². The van der Waals surface area contributed by atoms with Crippen molar-refractivity contribution in [3.8, 4) is 0 Å². The number of hydrogen-bond donors (Lipinski definition) is 0. The summed E-state index contributed by atoms with van der Waals surface area (Å²) in [5.74, 6) is 0. The maximum absolute atomic E-state index is 10.9. The van der Waals surface area contributed by atoms with Gasteiger partial charge in [-0.25, -0.2) is 0 Å². The first-order chi connectivity index (χ1) is 5.34. The summed E-state index contributed by atoms with van der Waals surface area (Å²) < 4.78 is 0. The molecule has 1 saturated heterocycles. The third kappa shape index (κ3) is 2.10. The minimum atomic E-state index is 0.467. The van der Waals surface area contributed by atoms with Gasteiger partial charge in [-0.05, 0) is 12.8 Å². The van der Waals surface area contributed by atoms with Gasteiger partial charge >= 0.3 is 0 Å². The molecule has 11 heavy (non-hydrogen) atoms.